The maximum Gasteiger partial charge on any atom is 0.202 e. The van der Waals surface area contributed by atoms with E-state index in [9.17, 15) is 0 Å². The van der Waals surface area contributed by atoms with Gasteiger partial charge in [-0.3, -0.25) is 0 Å². The van der Waals surface area contributed by atoms with Gasteiger partial charge >= 0.3 is 0 Å². The summed E-state index contributed by atoms with van der Waals surface area (Å²) in [6, 6.07) is 0. The SMILES string of the molecule is COCCCCNc1nccn1CCCOC. The molecule has 0 atom stereocenters. The van der Waals surface area contributed by atoms with Gasteiger partial charge in [-0.15, -0.1) is 0 Å². The molecule has 0 bridgehead atoms. The van der Waals surface area contributed by atoms with Gasteiger partial charge < -0.3 is 19.4 Å². The van der Waals surface area contributed by atoms with Gasteiger partial charge in [-0.1, -0.05) is 0 Å². The Bertz CT molecular complexity index is 289. The van der Waals surface area contributed by atoms with Crippen LogP contribution in [0.1, 0.15) is 19.3 Å². The van der Waals surface area contributed by atoms with Gasteiger partial charge in [0.25, 0.3) is 0 Å². The van der Waals surface area contributed by atoms with Crippen molar-refractivity contribution in [1.82, 2.24) is 9.55 Å². The van der Waals surface area contributed by atoms with Crippen LogP contribution in [0.5, 0.6) is 0 Å². The van der Waals surface area contributed by atoms with Crippen LogP contribution in [-0.4, -0.2) is 43.5 Å². The van der Waals surface area contributed by atoms with Gasteiger partial charge in [0.1, 0.15) is 0 Å². The van der Waals surface area contributed by atoms with Crippen LogP contribution in [0.2, 0.25) is 0 Å². The van der Waals surface area contributed by atoms with Crippen molar-refractivity contribution in [2.24, 2.45) is 0 Å². The summed E-state index contributed by atoms with van der Waals surface area (Å²) in [7, 11) is 3.46. The van der Waals surface area contributed by atoms with Crippen molar-refractivity contribution in [3.05, 3.63) is 12.4 Å². The first-order chi connectivity index (χ1) is 8.38. The van der Waals surface area contributed by atoms with E-state index in [0.29, 0.717) is 0 Å². The Balaban J connectivity index is 2.20. The van der Waals surface area contributed by atoms with Crippen LogP contribution in [0.4, 0.5) is 5.95 Å². The maximum absolute atomic E-state index is 5.04. The predicted molar refractivity (Wildman–Crippen MR) is 68.3 cm³/mol. The number of hydrogen-bond acceptors (Lipinski definition) is 4. The van der Waals surface area contributed by atoms with E-state index in [4.69, 9.17) is 9.47 Å². The second-order valence-corrected chi connectivity index (χ2v) is 3.92. The first kappa shape index (κ1) is 14.0. The molecular formula is C12H23N3O2. The quantitative estimate of drug-likeness (QED) is 0.634. The third kappa shape index (κ3) is 5.70. The number of unbranched alkanes of at least 4 members (excludes halogenated alkanes) is 1. The molecule has 1 N–H and O–H groups in total. The van der Waals surface area contributed by atoms with Crippen LogP contribution in [0.15, 0.2) is 12.4 Å². The number of imidazole rings is 1. The van der Waals surface area contributed by atoms with E-state index < -0.39 is 0 Å². The molecule has 5 heteroatoms. The molecule has 1 aromatic heterocycles. The molecule has 0 saturated carbocycles. The van der Waals surface area contributed by atoms with Gasteiger partial charge in [0.15, 0.2) is 0 Å². The van der Waals surface area contributed by atoms with Gasteiger partial charge in [0.2, 0.25) is 5.95 Å². The number of aryl methyl sites for hydroxylation is 1. The monoisotopic (exact) mass is 241 g/mol. The van der Waals surface area contributed by atoms with E-state index in [1.165, 1.54) is 0 Å². The molecule has 0 aromatic carbocycles. The number of ether oxygens (including phenoxy) is 2. The van der Waals surface area contributed by atoms with Crippen LogP contribution in [0.25, 0.3) is 0 Å². The third-order valence-electron chi connectivity index (χ3n) is 2.52. The van der Waals surface area contributed by atoms with E-state index in [1.807, 2.05) is 12.4 Å². The second-order valence-electron chi connectivity index (χ2n) is 3.92. The lowest BCUT2D eigenvalue weighted by atomic mass is 10.3. The molecule has 1 heterocycles. The summed E-state index contributed by atoms with van der Waals surface area (Å²) < 4.78 is 12.2. The molecule has 0 saturated heterocycles. The lowest BCUT2D eigenvalue weighted by molar-refractivity contribution is 0.190. The molecule has 0 aliphatic heterocycles. The molecule has 0 radical (unpaired) electrons. The van der Waals surface area contributed by atoms with Crippen molar-refractivity contribution in [2.75, 3.05) is 39.3 Å². The lowest BCUT2D eigenvalue weighted by Gasteiger charge is -2.09. The van der Waals surface area contributed by atoms with Crippen LogP contribution < -0.4 is 5.32 Å². The average molecular weight is 241 g/mol. The summed E-state index contributed by atoms with van der Waals surface area (Å²) in [6.45, 7) is 3.48. The number of methoxy groups -OCH3 is 2. The van der Waals surface area contributed by atoms with Crippen molar-refractivity contribution in [3.63, 3.8) is 0 Å². The highest BCUT2D eigenvalue weighted by atomic mass is 16.5. The average Bonchev–Trinajstić information content (AvgIpc) is 2.77. The largest absolute Gasteiger partial charge is 0.385 e. The third-order valence-corrected chi connectivity index (χ3v) is 2.52. The fourth-order valence-corrected chi connectivity index (χ4v) is 1.61. The maximum atomic E-state index is 5.04. The van der Waals surface area contributed by atoms with E-state index in [1.54, 1.807) is 14.2 Å². The Morgan fingerprint density at radius 2 is 1.94 bits per heavy atom. The Morgan fingerprint density at radius 3 is 2.71 bits per heavy atom. The predicted octanol–water partition coefficient (Wildman–Crippen LogP) is 1.76. The van der Waals surface area contributed by atoms with E-state index in [-0.39, 0.29) is 0 Å². The molecule has 98 valence electrons. The Labute approximate surface area is 103 Å². The Morgan fingerprint density at radius 1 is 1.18 bits per heavy atom. The van der Waals surface area contributed by atoms with E-state index in [2.05, 4.69) is 14.9 Å². The van der Waals surface area contributed by atoms with E-state index >= 15 is 0 Å². The summed E-state index contributed by atoms with van der Waals surface area (Å²) >= 11 is 0. The van der Waals surface area contributed by atoms with Crippen LogP contribution >= 0.6 is 0 Å². The highest BCUT2D eigenvalue weighted by Gasteiger charge is 2.00. The summed E-state index contributed by atoms with van der Waals surface area (Å²) in [5.74, 6) is 0.943. The number of rotatable bonds is 10. The highest BCUT2D eigenvalue weighted by molar-refractivity contribution is 5.25. The molecular weight excluding hydrogens is 218 g/mol. The molecule has 0 amide bonds. The molecule has 5 nitrogen and oxygen atoms in total. The van der Waals surface area contributed by atoms with Crippen molar-refractivity contribution in [1.29, 1.82) is 0 Å². The number of hydrogen-bond donors (Lipinski definition) is 1. The minimum atomic E-state index is 0.783. The Kier molecular flexibility index (Phi) is 7.42. The fraction of sp³-hybridized carbons (Fsp3) is 0.750. The molecule has 0 fully saturated rings. The van der Waals surface area contributed by atoms with Gasteiger partial charge in [-0.05, 0) is 19.3 Å². The van der Waals surface area contributed by atoms with Gasteiger partial charge in [0.05, 0.1) is 0 Å². The summed E-state index contributed by atoms with van der Waals surface area (Å²) in [6.07, 6.45) is 7.00. The van der Waals surface area contributed by atoms with Crippen LogP contribution in [0, 0.1) is 0 Å². The number of aromatic nitrogens is 2. The molecule has 1 aromatic rings. The standard InChI is InChI=1S/C12H23N3O2/c1-16-10-4-3-6-13-12-14-7-9-15(12)8-5-11-17-2/h7,9H,3-6,8,10-11H2,1-2H3,(H,13,14). The van der Waals surface area contributed by atoms with Crippen molar-refractivity contribution in [3.8, 4) is 0 Å². The van der Waals surface area contributed by atoms with Crippen molar-refractivity contribution in [2.45, 2.75) is 25.8 Å². The van der Waals surface area contributed by atoms with Crippen LogP contribution in [0.3, 0.4) is 0 Å². The molecule has 0 unspecified atom stereocenters. The first-order valence-electron chi connectivity index (χ1n) is 6.11. The summed E-state index contributed by atoms with van der Waals surface area (Å²) in [5, 5.41) is 3.33. The molecule has 0 spiro atoms. The minimum Gasteiger partial charge on any atom is -0.385 e. The van der Waals surface area contributed by atoms with Gasteiger partial charge in [-0.2, -0.15) is 0 Å². The number of anilines is 1. The molecule has 17 heavy (non-hydrogen) atoms. The number of nitrogens with zero attached hydrogens (tertiary/aromatic N) is 2. The summed E-state index contributed by atoms with van der Waals surface area (Å²) in [4.78, 5) is 4.29. The molecule has 0 aliphatic rings. The second kappa shape index (κ2) is 9.01. The summed E-state index contributed by atoms with van der Waals surface area (Å²) in [5.41, 5.74) is 0. The lowest BCUT2D eigenvalue weighted by Crippen LogP contribution is -2.10. The number of nitrogens with one attached hydrogen (secondary N) is 1. The smallest absolute Gasteiger partial charge is 0.202 e. The fourth-order valence-electron chi connectivity index (χ4n) is 1.61. The first-order valence-corrected chi connectivity index (χ1v) is 6.11. The van der Waals surface area contributed by atoms with Crippen molar-refractivity contribution >= 4 is 5.95 Å². The Hall–Kier alpha value is -1.07. The van der Waals surface area contributed by atoms with Gasteiger partial charge in [0, 0.05) is 52.9 Å². The van der Waals surface area contributed by atoms with E-state index in [0.717, 1.165) is 51.5 Å². The van der Waals surface area contributed by atoms with Crippen molar-refractivity contribution < 1.29 is 9.47 Å². The molecule has 1 rings (SSSR count). The van der Waals surface area contributed by atoms with Crippen LogP contribution in [-0.2, 0) is 16.0 Å². The zero-order chi connectivity index (χ0) is 12.3. The highest BCUT2D eigenvalue weighted by Crippen LogP contribution is 2.05. The zero-order valence-electron chi connectivity index (χ0n) is 10.8. The zero-order valence-corrected chi connectivity index (χ0v) is 10.8. The minimum absolute atomic E-state index is 0.783. The molecule has 0 aliphatic carbocycles. The van der Waals surface area contributed by atoms with Gasteiger partial charge in [-0.25, -0.2) is 4.98 Å². The topological polar surface area (TPSA) is 48.3 Å². The normalized spacial score (nSPS) is 10.7.